The first-order valence-electron chi connectivity index (χ1n) is 5.63. The van der Waals surface area contributed by atoms with Crippen LogP contribution in [-0.2, 0) is 6.11 Å². The summed E-state index contributed by atoms with van der Waals surface area (Å²) in [5.41, 5.74) is -0.313. The number of hydrogen-bond acceptors (Lipinski definition) is 2. The van der Waals surface area contributed by atoms with E-state index in [4.69, 9.17) is 5.02 Å². The van der Waals surface area contributed by atoms with Crippen molar-refractivity contribution < 1.29 is 31.7 Å². The van der Waals surface area contributed by atoms with Gasteiger partial charge in [0.2, 0.25) is 0 Å². The average molecular weight is 301 g/mol. The Labute approximate surface area is 117 Å². The Kier molecular flexibility index (Phi) is 4.17. The smallest absolute Gasteiger partial charge is 0.426 e. The first-order chi connectivity index (χ1) is 9.83. The molecule has 2 aromatic rings. The Morgan fingerprint density at radius 3 is 1.95 bits per heavy atom. The zero-order valence-corrected chi connectivity index (χ0v) is 10.3. The van der Waals surface area contributed by atoms with Crippen molar-refractivity contribution in [3.8, 4) is 5.75 Å². The van der Waals surface area contributed by atoms with Gasteiger partial charge in [0.05, 0.1) is 5.56 Å². The van der Waals surface area contributed by atoms with Gasteiger partial charge < -0.3 is 9.76 Å². The van der Waals surface area contributed by atoms with Gasteiger partial charge in [-0.05, 0) is 12.1 Å². The number of ether oxygens (including phenoxy) is 1. The number of alkyl halides is 2. The van der Waals surface area contributed by atoms with Crippen molar-refractivity contribution in [3.63, 3.8) is 0 Å². The first-order valence-corrected chi connectivity index (χ1v) is 5.63. The lowest BCUT2D eigenvalue weighted by atomic mass is 9.88. The second-order valence-electron chi connectivity index (χ2n) is 4.07. The van der Waals surface area contributed by atoms with Crippen LogP contribution in [0.4, 0.5) is 22.0 Å². The summed E-state index contributed by atoms with van der Waals surface area (Å²) in [5.74, 6) is -5.89. The standard InChI is InChI=1S/C13H7BF5O2/c15-10-5-9(6-11(16)12(10)17)21-13(18,19)7-1-3-8(14-20)4-2-7/h1-6,20H. The molecule has 0 bridgehead atoms. The summed E-state index contributed by atoms with van der Waals surface area (Å²) in [7, 11) is 0.716. The van der Waals surface area contributed by atoms with Gasteiger partial charge in [-0.3, -0.25) is 0 Å². The van der Waals surface area contributed by atoms with E-state index < -0.39 is 34.9 Å². The van der Waals surface area contributed by atoms with E-state index in [1.165, 1.54) is 12.1 Å². The molecule has 0 aliphatic heterocycles. The van der Waals surface area contributed by atoms with Crippen molar-refractivity contribution in [2.75, 3.05) is 0 Å². The second kappa shape index (κ2) is 5.73. The van der Waals surface area contributed by atoms with Crippen molar-refractivity contribution in [1.82, 2.24) is 0 Å². The second-order valence-corrected chi connectivity index (χ2v) is 4.07. The van der Waals surface area contributed by atoms with E-state index in [0.717, 1.165) is 12.1 Å². The summed E-state index contributed by atoms with van der Waals surface area (Å²) in [5, 5.41) is 8.69. The number of halogens is 5. The predicted molar refractivity (Wildman–Crippen MR) is 64.9 cm³/mol. The minimum Gasteiger partial charge on any atom is -0.450 e. The molecule has 0 spiro atoms. The molecule has 0 aliphatic carbocycles. The number of benzene rings is 2. The first kappa shape index (κ1) is 15.3. The summed E-state index contributed by atoms with van der Waals surface area (Å²) in [6.07, 6.45) is -3.88. The normalized spacial score (nSPS) is 11.3. The van der Waals surface area contributed by atoms with E-state index in [1.807, 2.05) is 0 Å². The van der Waals surface area contributed by atoms with Crippen molar-refractivity contribution in [3.05, 3.63) is 59.4 Å². The molecule has 0 unspecified atom stereocenters. The van der Waals surface area contributed by atoms with Gasteiger partial charge >= 0.3 is 13.6 Å². The highest BCUT2D eigenvalue weighted by molar-refractivity contribution is 6.45. The van der Waals surface area contributed by atoms with Crippen LogP contribution >= 0.6 is 0 Å². The van der Waals surface area contributed by atoms with Crippen LogP contribution in [-0.4, -0.2) is 12.5 Å². The molecule has 109 valence electrons. The van der Waals surface area contributed by atoms with Crippen LogP contribution in [0.25, 0.3) is 0 Å². The highest BCUT2D eigenvalue weighted by Crippen LogP contribution is 2.32. The van der Waals surface area contributed by atoms with Crippen LogP contribution in [0.2, 0.25) is 0 Å². The molecule has 0 atom stereocenters. The molecular formula is C13H7BF5O2. The quantitative estimate of drug-likeness (QED) is 0.534. The third-order valence-corrected chi connectivity index (χ3v) is 2.60. The monoisotopic (exact) mass is 301 g/mol. The molecule has 1 radical (unpaired) electrons. The van der Waals surface area contributed by atoms with Gasteiger partial charge in [-0.25, -0.2) is 13.2 Å². The molecule has 8 heteroatoms. The lowest BCUT2D eigenvalue weighted by molar-refractivity contribution is -0.185. The van der Waals surface area contributed by atoms with E-state index >= 15 is 0 Å². The molecule has 21 heavy (non-hydrogen) atoms. The fourth-order valence-electron chi connectivity index (χ4n) is 1.56. The molecule has 0 heterocycles. The maximum Gasteiger partial charge on any atom is 0.426 e. The van der Waals surface area contributed by atoms with E-state index in [-0.39, 0.29) is 5.46 Å². The SMILES string of the molecule is O[B]c1ccc(C(F)(F)Oc2cc(F)c(F)c(F)c2)cc1. The lowest BCUT2D eigenvalue weighted by Gasteiger charge is -2.18. The minimum absolute atomic E-state index is 0.286. The van der Waals surface area contributed by atoms with Crippen LogP contribution in [0.1, 0.15) is 5.56 Å². The third-order valence-electron chi connectivity index (χ3n) is 2.60. The highest BCUT2D eigenvalue weighted by atomic mass is 19.3. The molecule has 2 rings (SSSR count). The Morgan fingerprint density at radius 2 is 1.48 bits per heavy atom. The lowest BCUT2D eigenvalue weighted by Crippen LogP contribution is -2.23. The van der Waals surface area contributed by atoms with Gasteiger partial charge in [-0.1, -0.05) is 17.6 Å². The van der Waals surface area contributed by atoms with Crippen molar-refractivity contribution >= 4 is 12.9 Å². The molecular weight excluding hydrogens is 294 g/mol. The fourth-order valence-corrected chi connectivity index (χ4v) is 1.56. The zero-order valence-electron chi connectivity index (χ0n) is 10.3. The van der Waals surface area contributed by atoms with E-state index in [2.05, 4.69) is 4.74 Å². The van der Waals surface area contributed by atoms with Gasteiger partial charge in [-0.2, -0.15) is 8.78 Å². The molecule has 0 aliphatic rings. The Morgan fingerprint density at radius 1 is 0.952 bits per heavy atom. The fraction of sp³-hybridized carbons (Fsp3) is 0.0769. The zero-order chi connectivity index (χ0) is 15.6. The molecule has 0 saturated carbocycles. The third kappa shape index (κ3) is 3.33. The van der Waals surface area contributed by atoms with Crippen LogP contribution in [0.3, 0.4) is 0 Å². The highest BCUT2D eigenvalue weighted by Gasteiger charge is 2.35. The van der Waals surface area contributed by atoms with Crippen LogP contribution in [0.15, 0.2) is 36.4 Å². The van der Waals surface area contributed by atoms with Crippen LogP contribution in [0, 0.1) is 17.5 Å². The van der Waals surface area contributed by atoms with Crippen molar-refractivity contribution in [2.45, 2.75) is 6.11 Å². The van der Waals surface area contributed by atoms with E-state index in [0.29, 0.717) is 19.6 Å². The minimum atomic E-state index is -3.88. The Balaban J connectivity index is 2.27. The molecule has 0 amide bonds. The molecule has 2 aromatic carbocycles. The van der Waals surface area contributed by atoms with Crippen LogP contribution in [0.5, 0.6) is 5.75 Å². The number of rotatable bonds is 4. The van der Waals surface area contributed by atoms with Gasteiger partial charge in [0.25, 0.3) is 0 Å². The van der Waals surface area contributed by atoms with Gasteiger partial charge in [-0.15, -0.1) is 0 Å². The summed E-state index contributed by atoms with van der Waals surface area (Å²) in [6.45, 7) is 0. The van der Waals surface area contributed by atoms with Gasteiger partial charge in [0.1, 0.15) is 5.75 Å². The van der Waals surface area contributed by atoms with Crippen LogP contribution < -0.4 is 10.2 Å². The number of hydrogen-bond donors (Lipinski definition) is 1. The van der Waals surface area contributed by atoms with E-state index in [1.54, 1.807) is 0 Å². The molecule has 0 aromatic heterocycles. The molecule has 2 nitrogen and oxygen atoms in total. The predicted octanol–water partition coefficient (Wildman–Crippen LogP) is 2.47. The van der Waals surface area contributed by atoms with Gasteiger partial charge in [0.15, 0.2) is 17.5 Å². The molecule has 0 saturated heterocycles. The Bertz CT molecular complexity index is 623. The molecule has 1 N–H and O–H groups in total. The van der Waals surface area contributed by atoms with E-state index in [9.17, 15) is 22.0 Å². The van der Waals surface area contributed by atoms with Crippen molar-refractivity contribution in [1.29, 1.82) is 0 Å². The summed E-state index contributed by atoms with van der Waals surface area (Å²) in [6, 6.07) is 4.97. The summed E-state index contributed by atoms with van der Waals surface area (Å²) >= 11 is 0. The largest absolute Gasteiger partial charge is 0.450 e. The Hall–Kier alpha value is -2.09. The van der Waals surface area contributed by atoms with Crippen molar-refractivity contribution in [2.24, 2.45) is 0 Å². The maximum atomic E-state index is 13.8. The summed E-state index contributed by atoms with van der Waals surface area (Å²) in [4.78, 5) is 0. The molecule has 0 fully saturated rings. The maximum absolute atomic E-state index is 13.8. The topological polar surface area (TPSA) is 29.5 Å². The van der Waals surface area contributed by atoms with Gasteiger partial charge in [0, 0.05) is 12.1 Å². The summed E-state index contributed by atoms with van der Waals surface area (Å²) < 4.78 is 70.5. The average Bonchev–Trinajstić information content (AvgIpc) is 2.44.